The van der Waals surface area contributed by atoms with Crippen LogP contribution in [0.5, 0.6) is 11.5 Å². The normalized spacial score (nSPS) is 10.9. The van der Waals surface area contributed by atoms with Gasteiger partial charge in [-0.1, -0.05) is 36.4 Å². The van der Waals surface area contributed by atoms with Crippen LogP contribution in [0.2, 0.25) is 0 Å². The van der Waals surface area contributed by atoms with Crippen molar-refractivity contribution in [1.29, 1.82) is 0 Å². The van der Waals surface area contributed by atoms with Gasteiger partial charge in [0.05, 0.1) is 20.8 Å². The minimum absolute atomic E-state index is 0. The molecule has 2 aromatic carbocycles. The molecule has 7 nitrogen and oxygen atoms in total. The molecule has 0 aliphatic carbocycles. The van der Waals surface area contributed by atoms with Gasteiger partial charge in [-0.25, -0.2) is 9.98 Å². The summed E-state index contributed by atoms with van der Waals surface area (Å²) in [5.41, 5.74) is 8.24. The summed E-state index contributed by atoms with van der Waals surface area (Å²) < 4.78 is 12.7. The fraction of sp³-hybridized carbons (Fsp3) is 0.273. The van der Waals surface area contributed by atoms with E-state index in [1.807, 2.05) is 48.8 Å². The van der Waals surface area contributed by atoms with E-state index in [0.717, 1.165) is 24.4 Å². The van der Waals surface area contributed by atoms with Crippen molar-refractivity contribution in [1.82, 2.24) is 14.9 Å². The molecule has 0 aliphatic heterocycles. The maximum Gasteiger partial charge on any atom is 0.188 e. The van der Waals surface area contributed by atoms with Crippen molar-refractivity contribution in [3.8, 4) is 11.5 Å². The molecule has 0 spiro atoms. The van der Waals surface area contributed by atoms with Crippen LogP contribution in [0.1, 0.15) is 17.0 Å². The summed E-state index contributed by atoms with van der Waals surface area (Å²) >= 11 is 0. The van der Waals surface area contributed by atoms with Gasteiger partial charge in [-0.15, -0.1) is 24.0 Å². The van der Waals surface area contributed by atoms with E-state index in [-0.39, 0.29) is 24.0 Å². The van der Waals surface area contributed by atoms with Gasteiger partial charge < -0.3 is 25.1 Å². The van der Waals surface area contributed by atoms with E-state index < -0.39 is 0 Å². The second-order valence-electron chi connectivity index (χ2n) is 6.52. The zero-order valence-corrected chi connectivity index (χ0v) is 19.6. The minimum Gasteiger partial charge on any atom is -0.493 e. The molecule has 8 heteroatoms. The van der Waals surface area contributed by atoms with Crippen molar-refractivity contribution >= 4 is 29.9 Å². The van der Waals surface area contributed by atoms with E-state index in [9.17, 15) is 0 Å². The molecule has 3 aromatic rings. The maximum absolute atomic E-state index is 6.00. The largest absolute Gasteiger partial charge is 0.493 e. The number of hydrogen-bond acceptors (Lipinski definition) is 4. The fourth-order valence-electron chi connectivity index (χ4n) is 3.01. The topological polar surface area (TPSA) is 86.7 Å². The van der Waals surface area contributed by atoms with Crippen LogP contribution < -0.4 is 20.5 Å². The molecule has 0 unspecified atom stereocenters. The van der Waals surface area contributed by atoms with Gasteiger partial charge in [-0.05, 0) is 23.3 Å². The quantitative estimate of drug-likeness (QED) is 0.257. The summed E-state index contributed by atoms with van der Waals surface area (Å²) in [6, 6.07) is 16.0. The smallest absolute Gasteiger partial charge is 0.188 e. The Kier molecular flexibility index (Phi) is 9.46. The van der Waals surface area contributed by atoms with Crippen LogP contribution in [-0.2, 0) is 19.5 Å². The number of nitrogens with one attached hydrogen (secondary N) is 1. The predicted octanol–water partition coefficient (Wildman–Crippen LogP) is 3.21. The van der Waals surface area contributed by atoms with E-state index >= 15 is 0 Å². The molecular formula is C22H28IN5O2. The third kappa shape index (κ3) is 6.65. The fourth-order valence-corrected chi connectivity index (χ4v) is 3.01. The highest BCUT2D eigenvalue weighted by atomic mass is 127. The number of halogens is 1. The van der Waals surface area contributed by atoms with Crippen molar-refractivity contribution < 1.29 is 9.47 Å². The van der Waals surface area contributed by atoms with Crippen LogP contribution >= 0.6 is 24.0 Å². The van der Waals surface area contributed by atoms with Gasteiger partial charge in [0.25, 0.3) is 0 Å². The van der Waals surface area contributed by atoms with Crippen LogP contribution in [0.25, 0.3) is 0 Å². The molecule has 0 saturated heterocycles. The summed E-state index contributed by atoms with van der Waals surface area (Å²) in [5.74, 6) is 2.78. The molecule has 0 bridgehead atoms. The number of nitrogens with zero attached hydrogens (tertiary/aromatic N) is 3. The first-order chi connectivity index (χ1) is 14.2. The summed E-state index contributed by atoms with van der Waals surface area (Å²) in [5, 5.41) is 3.15. The highest BCUT2D eigenvalue weighted by Gasteiger charge is 2.05. The molecule has 0 aliphatic rings. The molecule has 3 rings (SSSR count). The summed E-state index contributed by atoms with van der Waals surface area (Å²) in [6.07, 6.45) is 4.58. The maximum atomic E-state index is 6.00. The van der Waals surface area contributed by atoms with Crippen LogP contribution in [0.3, 0.4) is 0 Å². The number of ether oxygens (including phenoxy) is 2. The molecule has 1 aromatic heterocycles. The zero-order valence-electron chi connectivity index (χ0n) is 17.2. The average molecular weight is 521 g/mol. The molecule has 0 atom stereocenters. The van der Waals surface area contributed by atoms with Crippen LogP contribution in [-0.4, -0.2) is 36.3 Å². The van der Waals surface area contributed by atoms with Crippen molar-refractivity contribution in [3.05, 3.63) is 77.9 Å². The number of rotatable bonds is 9. The number of benzene rings is 2. The Bertz CT molecular complexity index is 944. The number of guanidine groups is 1. The molecular weight excluding hydrogens is 493 g/mol. The Hall–Kier alpha value is -2.75. The van der Waals surface area contributed by atoms with Gasteiger partial charge in [-0.2, -0.15) is 0 Å². The SMILES string of the molecule is COc1ccc(CN=C(N)NCCc2nccn2Cc2ccccc2)cc1OC.I. The highest BCUT2D eigenvalue weighted by Crippen LogP contribution is 2.27. The third-order valence-corrected chi connectivity index (χ3v) is 4.53. The molecule has 3 N–H and O–H groups in total. The Morgan fingerprint density at radius 3 is 2.57 bits per heavy atom. The molecule has 0 fully saturated rings. The lowest BCUT2D eigenvalue weighted by Gasteiger charge is -2.10. The number of aliphatic imine (C=N–C) groups is 1. The van der Waals surface area contributed by atoms with Crippen molar-refractivity contribution in [2.45, 2.75) is 19.5 Å². The summed E-state index contributed by atoms with van der Waals surface area (Å²) in [7, 11) is 3.23. The second kappa shape index (κ2) is 12.1. The second-order valence-corrected chi connectivity index (χ2v) is 6.52. The lowest BCUT2D eigenvalue weighted by Crippen LogP contribution is -2.33. The van der Waals surface area contributed by atoms with Crippen LogP contribution in [0.15, 0.2) is 65.9 Å². The Balaban J connectivity index is 0.00000320. The van der Waals surface area contributed by atoms with Gasteiger partial charge >= 0.3 is 0 Å². The molecule has 0 radical (unpaired) electrons. The van der Waals surface area contributed by atoms with E-state index in [1.165, 1.54) is 5.56 Å². The first kappa shape index (κ1) is 23.5. The standard InChI is InChI=1S/C22H27N5O2.HI/c1-28-19-9-8-18(14-20(19)29-2)15-26-22(23)25-11-10-21-24-12-13-27(21)16-17-6-4-3-5-7-17;/h3-9,12-14H,10-11,15-16H2,1-2H3,(H3,23,25,26);1H. The minimum atomic E-state index is 0. The molecule has 30 heavy (non-hydrogen) atoms. The number of methoxy groups -OCH3 is 2. The van der Waals surface area contributed by atoms with Gasteiger partial charge in [0.15, 0.2) is 17.5 Å². The van der Waals surface area contributed by atoms with Gasteiger partial charge in [0.1, 0.15) is 5.82 Å². The lowest BCUT2D eigenvalue weighted by molar-refractivity contribution is 0.354. The van der Waals surface area contributed by atoms with E-state index in [4.69, 9.17) is 15.2 Å². The van der Waals surface area contributed by atoms with Gasteiger partial charge in [-0.3, -0.25) is 0 Å². The monoisotopic (exact) mass is 521 g/mol. The van der Waals surface area contributed by atoms with Gasteiger partial charge in [0, 0.05) is 31.9 Å². The average Bonchev–Trinajstić information content (AvgIpc) is 3.19. The van der Waals surface area contributed by atoms with Crippen molar-refractivity contribution in [2.75, 3.05) is 20.8 Å². The first-order valence-electron chi connectivity index (χ1n) is 9.48. The van der Waals surface area contributed by atoms with Crippen LogP contribution in [0, 0.1) is 0 Å². The summed E-state index contributed by atoms with van der Waals surface area (Å²) in [4.78, 5) is 8.85. The Morgan fingerprint density at radius 1 is 1.07 bits per heavy atom. The third-order valence-electron chi connectivity index (χ3n) is 4.53. The molecule has 1 heterocycles. The summed E-state index contributed by atoms with van der Waals surface area (Å²) in [6.45, 7) is 1.92. The number of imidazole rings is 1. The first-order valence-corrected chi connectivity index (χ1v) is 9.48. The number of aromatic nitrogens is 2. The highest BCUT2D eigenvalue weighted by molar-refractivity contribution is 14.0. The van der Waals surface area contributed by atoms with E-state index in [2.05, 4.69) is 32.0 Å². The molecule has 0 saturated carbocycles. The molecule has 160 valence electrons. The van der Waals surface area contributed by atoms with Crippen LogP contribution in [0.4, 0.5) is 0 Å². The Morgan fingerprint density at radius 2 is 1.83 bits per heavy atom. The molecule has 0 amide bonds. The zero-order chi connectivity index (χ0) is 20.5. The predicted molar refractivity (Wildman–Crippen MR) is 130 cm³/mol. The van der Waals surface area contributed by atoms with Crippen molar-refractivity contribution in [2.24, 2.45) is 10.7 Å². The van der Waals surface area contributed by atoms with Gasteiger partial charge in [0.2, 0.25) is 0 Å². The number of hydrogen-bond donors (Lipinski definition) is 2. The Labute approximate surface area is 194 Å². The van der Waals surface area contributed by atoms with E-state index in [1.54, 1.807) is 14.2 Å². The lowest BCUT2D eigenvalue weighted by atomic mass is 10.2. The number of nitrogens with two attached hydrogens (primary N) is 1. The van der Waals surface area contributed by atoms with E-state index in [0.29, 0.717) is 30.5 Å². The van der Waals surface area contributed by atoms with Crippen molar-refractivity contribution in [3.63, 3.8) is 0 Å².